The molecule has 1 N–H and O–H groups in total. The van der Waals surface area contributed by atoms with Gasteiger partial charge in [-0.05, 0) is 42.0 Å². The number of aromatic nitrogens is 1. The average Bonchev–Trinajstić information content (AvgIpc) is 3.22. The van der Waals surface area contributed by atoms with E-state index in [1.165, 1.54) is 24.0 Å². The standard InChI is InChI=1S/C17H15N3/c18-9-11-5-8-15(19-10-11)20-17-14-7-6-12-3-1-2-4-13(12)16(14)17/h1-5,8,10,14,16-17H,6-7H2,(H,19,20). The Morgan fingerprint density at radius 3 is 2.90 bits per heavy atom. The van der Waals surface area contributed by atoms with E-state index < -0.39 is 0 Å². The van der Waals surface area contributed by atoms with Gasteiger partial charge in [-0.1, -0.05) is 24.3 Å². The molecule has 0 radical (unpaired) electrons. The fraction of sp³-hybridized carbons (Fsp3) is 0.294. The van der Waals surface area contributed by atoms with Gasteiger partial charge in [0.15, 0.2) is 0 Å². The summed E-state index contributed by atoms with van der Waals surface area (Å²) >= 11 is 0. The molecule has 1 heterocycles. The first-order valence-electron chi connectivity index (χ1n) is 7.07. The number of rotatable bonds is 2. The number of aryl methyl sites for hydroxylation is 1. The van der Waals surface area contributed by atoms with Crippen molar-refractivity contribution in [3.8, 4) is 6.07 Å². The number of nitriles is 1. The number of nitrogens with one attached hydrogen (secondary N) is 1. The SMILES string of the molecule is N#Cc1ccc(NC2C3CCc4ccccc4C32)nc1. The molecule has 3 nitrogen and oxygen atoms in total. The predicted molar refractivity (Wildman–Crippen MR) is 77.4 cm³/mol. The van der Waals surface area contributed by atoms with Crippen LogP contribution in [0.25, 0.3) is 0 Å². The minimum atomic E-state index is 0.499. The Bertz CT molecular complexity index is 684. The summed E-state index contributed by atoms with van der Waals surface area (Å²) in [5.74, 6) is 2.25. The van der Waals surface area contributed by atoms with Crippen LogP contribution in [0.2, 0.25) is 0 Å². The molecule has 2 aliphatic carbocycles. The molecule has 2 aliphatic rings. The van der Waals surface area contributed by atoms with E-state index in [1.54, 1.807) is 6.20 Å². The lowest BCUT2D eigenvalue weighted by Crippen LogP contribution is -2.06. The Hall–Kier alpha value is -2.34. The van der Waals surface area contributed by atoms with Gasteiger partial charge in [0.25, 0.3) is 0 Å². The summed E-state index contributed by atoms with van der Waals surface area (Å²) in [6.07, 6.45) is 4.08. The van der Waals surface area contributed by atoms with E-state index in [0.717, 1.165) is 11.7 Å². The van der Waals surface area contributed by atoms with Crippen LogP contribution in [0.3, 0.4) is 0 Å². The van der Waals surface area contributed by atoms with Crippen molar-refractivity contribution in [2.24, 2.45) is 5.92 Å². The van der Waals surface area contributed by atoms with Gasteiger partial charge in [0.05, 0.1) is 5.56 Å². The smallest absolute Gasteiger partial charge is 0.126 e. The summed E-state index contributed by atoms with van der Waals surface area (Å²) in [7, 11) is 0. The number of fused-ring (bicyclic) bond motifs is 3. The van der Waals surface area contributed by atoms with Crippen molar-refractivity contribution in [3.05, 3.63) is 59.3 Å². The van der Waals surface area contributed by atoms with E-state index in [2.05, 4.69) is 40.6 Å². The molecule has 2 aromatic rings. The molecular formula is C17H15N3. The summed E-state index contributed by atoms with van der Waals surface area (Å²) in [6, 6.07) is 15.1. The van der Waals surface area contributed by atoms with Crippen LogP contribution < -0.4 is 5.32 Å². The van der Waals surface area contributed by atoms with Crippen LogP contribution in [0, 0.1) is 17.2 Å². The highest BCUT2D eigenvalue weighted by atomic mass is 15.1. The number of pyridine rings is 1. The van der Waals surface area contributed by atoms with E-state index in [1.807, 2.05) is 12.1 Å². The lowest BCUT2D eigenvalue weighted by molar-refractivity contribution is 0.661. The third-order valence-electron chi connectivity index (χ3n) is 4.54. The second kappa shape index (κ2) is 4.35. The highest BCUT2D eigenvalue weighted by Gasteiger charge is 2.53. The summed E-state index contributed by atoms with van der Waals surface area (Å²) in [4.78, 5) is 4.31. The minimum Gasteiger partial charge on any atom is -0.366 e. The number of hydrogen-bond acceptors (Lipinski definition) is 3. The topological polar surface area (TPSA) is 48.7 Å². The summed E-state index contributed by atoms with van der Waals surface area (Å²) in [6.45, 7) is 0. The summed E-state index contributed by atoms with van der Waals surface area (Å²) in [5.41, 5.74) is 3.62. The van der Waals surface area contributed by atoms with Gasteiger partial charge in [-0.25, -0.2) is 4.98 Å². The monoisotopic (exact) mass is 261 g/mol. The quantitative estimate of drug-likeness (QED) is 0.903. The largest absolute Gasteiger partial charge is 0.366 e. The van der Waals surface area contributed by atoms with Gasteiger partial charge in [-0.2, -0.15) is 5.26 Å². The van der Waals surface area contributed by atoms with E-state index in [4.69, 9.17) is 5.26 Å². The Labute approximate surface area is 118 Å². The van der Waals surface area contributed by atoms with Gasteiger partial charge in [0, 0.05) is 18.2 Å². The lowest BCUT2D eigenvalue weighted by atomic mass is 9.92. The maximum Gasteiger partial charge on any atom is 0.126 e. The van der Waals surface area contributed by atoms with E-state index in [0.29, 0.717) is 17.5 Å². The molecule has 0 aliphatic heterocycles. The first-order valence-corrected chi connectivity index (χ1v) is 7.07. The second-order valence-electron chi connectivity index (χ2n) is 5.64. The van der Waals surface area contributed by atoms with Gasteiger partial charge in [-0.15, -0.1) is 0 Å². The van der Waals surface area contributed by atoms with Crippen LogP contribution in [0.15, 0.2) is 42.6 Å². The van der Waals surface area contributed by atoms with Crippen molar-refractivity contribution >= 4 is 5.82 Å². The zero-order valence-electron chi connectivity index (χ0n) is 11.1. The van der Waals surface area contributed by atoms with E-state index in [9.17, 15) is 0 Å². The Morgan fingerprint density at radius 2 is 2.10 bits per heavy atom. The molecule has 0 bridgehead atoms. The molecule has 1 aromatic heterocycles. The molecule has 4 rings (SSSR count). The second-order valence-corrected chi connectivity index (χ2v) is 5.64. The lowest BCUT2D eigenvalue weighted by Gasteiger charge is -2.13. The van der Waals surface area contributed by atoms with Crippen LogP contribution in [-0.4, -0.2) is 11.0 Å². The third-order valence-corrected chi connectivity index (χ3v) is 4.54. The highest BCUT2D eigenvalue weighted by molar-refractivity contribution is 5.48. The van der Waals surface area contributed by atoms with Crippen LogP contribution >= 0.6 is 0 Å². The van der Waals surface area contributed by atoms with Crippen LogP contribution in [-0.2, 0) is 6.42 Å². The number of anilines is 1. The fourth-order valence-electron chi connectivity index (χ4n) is 3.48. The van der Waals surface area contributed by atoms with Gasteiger partial charge < -0.3 is 5.32 Å². The Morgan fingerprint density at radius 1 is 1.20 bits per heavy atom. The number of hydrogen-bond donors (Lipinski definition) is 1. The fourth-order valence-corrected chi connectivity index (χ4v) is 3.48. The van der Waals surface area contributed by atoms with Crippen molar-refractivity contribution in [2.45, 2.75) is 24.8 Å². The molecule has 3 heteroatoms. The third kappa shape index (κ3) is 1.77. The van der Waals surface area contributed by atoms with Crippen LogP contribution in [0.4, 0.5) is 5.82 Å². The molecule has 1 fully saturated rings. The molecule has 98 valence electrons. The van der Waals surface area contributed by atoms with Crippen molar-refractivity contribution in [1.29, 1.82) is 5.26 Å². The van der Waals surface area contributed by atoms with Crippen molar-refractivity contribution in [1.82, 2.24) is 4.98 Å². The average molecular weight is 261 g/mol. The van der Waals surface area contributed by atoms with Gasteiger partial charge in [0.1, 0.15) is 11.9 Å². The zero-order chi connectivity index (χ0) is 13.5. The minimum absolute atomic E-state index is 0.499. The molecule has 1 aromatic carbocycles. The van der Waals surface area contributed by atoms with Gasteiger partial charge in [0.2, 0.25) is 0 Å². The summed E-state index contributed by atoms with van der Waals surface area (Å²) < 4.78 is 0. The van der Waals surface area contributed by atoms with E-state index >= 15 is 0 Å². The molecule has 0 spiro atoms. The van der Waals surface area contributed by atoms with E-state index in [-0.39, 0.29) is 0 Å². The highest BCUT2D eigenvalue weighted by Crippen LogP contribution is 2.55. The molecule has 1 saturated carbocycles. The Balaban J connectivity index is 1.54. The molecular weight excluding hydrogens is 246 g/mol. The molecule has 3 unspecified atom stereocenters. The van der Waals surface area contributed by atoms with Gasteiger partial charge >= 0.3 is 0 Å². The molecule has 0 amide bonds. The zero-order valence-corrected chi connectivity index (χ0v) is 11.1. The summed E-state index contributed by atoms with van der Waals surface area (Å²) in [5, 5.41) is 12.3. The number of nitrogens with zero attached hydrogens (tertiary/aromatic N) is 2. The first kappa shape index (κ1) is 11.5. The van der Waals surface area contributed by atoms with Crippen molar-refractivity contribution < 1.29 is 0 Å². The van der Waals surface area contributed by atoms with Crippen molar-refractivity contribution in [2.75, 3.05) is 5.32 Å². The maximum absolute atomic E-state index is 8.79. The molecule has 3 atom stereocenters. The molecule has 20 heavy (non-hydrogen) atoms. The predicted octanol–water partition coefficient (Wildman–Crippen LogP) is 3.09. The Kier molecular flexibility index (Phi) is 2.50. The van der Waals surface area contributed by atoms with Crippen LogP contribution in [0.1, 0.15) is 29.0 Å². The van der Waals surface area contributed by atoms with Crippen LogP contribution in [0.5, 0.6) is 0 Å². The van der Waals surface area contributed by atoms with Gasteiger partial charge in [-0.3, -0.25) is 0 Å². The normalized spacial score (nSPS) is 26.1. The number of benzene rings is 1. The first-order chi connectivity index (χ1) is 9.86. The maximum atomic E-state index is 8.79. The molecule has 0 saturated heterocycles. The van der Waals surface area contributed by atoms with Crippen molar-refractivity contribution in [3.63, 3.8) is 0 Å².